The molecule has 1 aromatic rings. The molecule has 1 heterocycles. The average Bonchev–Trinajstić information content (AvgIpc) is 2.90. The van der Waals surface area contributed by atoms with E-state index in [2.05, 4.69) is 48.3 Å². The molecule has 3 heteroatoms. The minimum absolute atomic E-state index is 0.242. The normalized spacial score (nSPS) is 13.2. The molecule has 0 aliphatic carbocycles. The molecule has 0 radical (unpaired) electrons. The molecule has 0 aliphatic heterocycles. The van der Waals surface area contributed by atoms with Crippen LogP contribution in [0.25, 0.3) is 0 Å². The highest BCUT2D eigenvalue weighted by Gasteiger charge is 2.17. The van der Waals surface area contributed by atoms with Gasteiger partial charge in [-0.1, -0.05) is 20.3 Å². The van der Waals surface area contributed by atoms with E-state index in [1.54, 1.807) is 0 Å². The predicted octanol–water partition coefficient (Wildman–Crippen LogP) is 4.27. The van der Waals surface area contributed by atoms with E-state index < -0.39 is 0 Å². The minimum Gasteiger partial charge on any atom is -0.354 e. The number of nitrogens with one attached hydrogen (secondary N) is 1. The van der Waals surface area contributed by atoms with Crippen LogP contribution in [0, 0.1) is 16.7 Å². The first-order valence-corrected chi connectivity index (χ1v) is 7.82. The van der Waals surface area contributed by atoms with Crippen LogP contribution < -0.4 is 5.32 Å². The van der Waals surface area contributed by atoms with Crippen LogP contribution in [-0.2, 0) is 6.54 Å². The molecule has 0 fully saturated rings. The van der Waals surface area contributed by atoms with Crippen LogP contribution in [0.3, 0.4) is 0 Å². The second kappa shape index (κ2) is 8.11. The van der Waals surface area contributed by atoms with Crippen LogP contribution in [0.15, 0.2) is 18.5 Å². The third kappa shape index (κ3) is 5.38. The first-order valence-electron chi connectivity index (χ1n) is 7.82. The number of nitriles is 1. The fourth-order valence-corrected chi connectivity index (χ4v) is 2.26. The summed E-state index contributed by atoms with van der Waals surface area (Å²) in [4.78, 5) is 0. The molecule has 20 heavy (non-hydrogen) atoms. The lowest BCUT2D eigenvalue weighted by Crippen LogP contribution is -2.21. The molecule has 1 aromatic heterocycles. The van der Waals surface area contributed by atoms with Crippen LogP contribution in [0.1, 0.15) is 65.0 Å². The first kappa shape index (κ1) is 16.8. The van der Waals surface area contributed by atoms with Crippen molar-refractivity contribution in [2.45, 2.75) is 66.0 Å². The van der Waals surface area contributed by atoms with Gasteiger partial charge in [0, 0.05) is 25.0 Å². The van der Waals surface area contributed by atoms with Gasteiger partial charge in [-0.3, -0.25) is 0 Å². The Labute approximate surface area is 124 Å². The van der Waals surface area contributed by atoms with Crippen LogP contribution in [0.2, 0.25) is 0 Å². The van der Waals surface area contributed by atoms with Crippen LogP contribution >= 0.6 is 0 Å². The second-order valence-electron chi connectivity index (χ2n) is 6.22. The maximum atomic E-state index is 9.06. The summed E-state index contributed by atoms with van der Waals surface area (Å²) in [5.74, 6) is 0. The molecule has 112 valence electrons. The van der Waals surface area contributed by atoms with Gasteiger partial charge in [0.2, 0.25) is 0 Å². The lowest BCUT2D eigenvalue weighted by atomic mass is 9.91. The van der Waals surface area contributed by atoms with Crippen LogP contribution in [0.5, 0.6) is 0 Å². The fourth-order valence-electron chi connectivity index (χ4n) is 2.26. The molecule has 0 spiro atoms. The van der Waals surface area contributed by atoms with Crippen molar-refractivity contribution in [1.82, 2.24) is 9.88 Å². The molecule has 0 saturated carbocycles. The molecule has 1 atom stereocenters. The van der Waals surface area contributed by atoms with Gasteiger partial charge in [0.25, 0.3) is 0 Å². The van der Waals surface area contributed by atoms with Crippen molar-refractivity contribution in [2.75, 3.05) is 6.54 Å². The van der Waals surface area contributed by atoms with Gasteiger partial charge in [-0.15, -0.1) is 0 Å². The van der Waals surface area contributed by atoms with Crippen LogP contribution in [0.4, 0.5) is 0 Å². The van der Waals surface area contributed by atoms with Gasteiger partial charge in [0.05, 0.1) is 11.5 Å². The van der Waals surface area contributed by atoms with E-state index in [1.807, 2.05) is 13.8 Å². The molecule has 0 bridgehead atoms. The summed E-state index contributed by atoms with van der Waals surface area (Å²) in [7, 11) is 0. The van der Waals surface area contributed by atoms with Crippen molar-refractivity contribution in [3.05, 3.63) is 24.0 Å². The van der Waals surface area contributed by atoms with Gasteiger partial charge < -0.3 is 9.88 Å². The highest BCUT2D eigenvalue weighted by atomic mass is 15.0. The van der Waals surface area contributed by atoms with Gasteiger partial charge in [0.15, 0.2) is 0 Å². The van der Waals surface area contributed by atoms with Crippen molar-refractivity contribution in [3.63, 3.8) is 0 Å². The Bertz CT molecular complexity index is 426. The molecule has 1 N–H and O–H groups in total. The smallest absolute Gasteiger partial charge is 0.0684 e. The topological polar surface area (TPSA) is 40.8 Å². The fraction of sp³-hybridized carbons (Fsp3) is 0.706. The molecule has 1 rings (SSSR count). The number of aromatic nitrogens is 1. The van der Waals surface area contributed by atoms with Gasteiger partial charge >= 0.3 is 0 Å². The summed E-state index contributed by atoms with van der Waals surface area (Å²) in [5, 5.41) is 12.7. The van der Waals surface area contributed by atoms with E-state index in [0.717, 1.165) is 25.9 Å². The molecule has 1 unspecified atom stereocenters. The van der Waals surface area contributed by atoms with E-state index in [1.165, 1.54) is 18.4 Å². The van der Waals surface area contributed by atoms with E-state index in [9.17, 15) is 0 Å². The van der Waals surface area contributed by atoms with Gasteiger partial charge in [0.1, 0.15) is 0 Å². The standard InChI is InChI=1S/C17H29N3/c1-5-7-16(19-10-6-2)15-8-11-20(13-15)12-9-17(3,4)14-18/h8,11,13,16,19H,5-7,9-10,12H2,1-4H3. The van der Waals surface area contributed by atoms with E-state index in [0.29, 0.717) is 6.04 Å². The second-order valence-corrected chi connectivity index (χ2v) is 6.22. The third-order valence-corrected chi connectivity index (χ3v) is 3.69. The van der Waals surface area contributed by atoms with Gasteiger partial charge in [-0.25, -0.2) is 0 Å². The summed E-state index contributed by atoms with van der Waals surface area (Å²) in [6, 6.07) is 5.04. The van der Waals surface area contributed by atoms with Crippen molar-refractivity contribution in [3.8, 4) is 6.07 Å². The molecule has 0 aliphatic rings. The van der Waals surface area contributed by atoms with E-state index >= 15 is 0 Å². The lowest BCUT2D eigenvalue weighted by molar-refractivity contribution is 0.413. The third-order valence-electron chi connectivity index (χ3n) is 3.69. The Morgan fingerprint density at radius 3 is 2.70 bits per heavy atom. The summed E-state index contributed by atoms with van der Waals surface area (Å²) >= 11 is 0. The number of nitrogens with zero attached hydrogens (tertiary/aromatic N) is 2. The summed E-state index contributed by atoms with van der Waals surface area (Å²) in [6.07, 6.45) is 8.78. The highest BCUT2D eigenvalue weighted by Crippen LogP contribution is 2.22. The number of aryl methyl sites for hydroxylation is 1. The Morgan fingerprint density at radius 1 is 1.35 bits per heavy atom. The molecule has 0 saturated heterocycles. The van der Waals surface area contributed by atoms with E-state index in [-0.39, 0.29) is 5.41 Å². The maximum Gasteiger partial charge on any atom is 0.0684 e. The SMILES string of the molecule is CCCNC(CCC)c1ccn(CCC(C)(C)C#N)c1. The molecule has 0 aromatic carbocycles. The van der Waals surface area contributed by atoms with Crippen molar-refractivity contribution >= 4 is 0 Å². The summed E-state index contributed by atoms with van der Waals surface area (Å²) < 4.78 is 2.21. The maximum absolute atomic E-state index is 9.06. The molecular weight excluding hydrogens is 246 g/mol. The lowest BCUT2D eigenvalue weighted by Gasteiger charge is -2.17. The summed E-state index contributed by atoms with van der Waals surface area (Å²) in [5.41, 5.74) is 1.13. The Balaban J connectivity index is 2.62. The minimum atomic E-state index is -0.242. The van der Waals surface area contributed by atoms with Crippen LogP contribution in [-0.4, -0.2) is 11.1 Å². The highest BCUT2D eigenvalue weighted by molar-refractivity contribution is 5.15. The Hall–Kier alpha value is -1.27. The first-order chi connectivity index (χ1) is 9.52. The van der Waals surface area contributed by atoms with Crippen molar-refractivity contribution < 1.29 is 0 Å². The molecule has 0 amide bonds. The number of rotatable bonds is 9. The zero-order valence-electron chi connectivity index (χ0n) is 13.4. The van der Waals surface area contributed by atoms with Gasteiger partial charge in [-0.05, 0) is 51.3 Å². The van der Waals surface area contributed by atoms with Crippen molar-refractivity contribution in [1.29, 1.82) is 5.26 Å². The summed E-state index contributed by atoms with van der Waals surface area (Å²) in [6.45, 7) is 10.4. The van der Waals surface area contributed by atoms with E-state index in [4.69, 9.17) is 5.26 Å². The molecular formula is C17H29N3. The number of hydrogen-bond acceptors (Lipinski definition) is 2. The number of hydrogen-bond donors (Lipinski definition) is 1. The van der Waals surface area contributed by atoms with Crippen molar-refractivity contribution in [2.24, 2.45) is 5.41 Å². The Morgan fingerprint density at radius 2 is 2.10 bits per heavy atom. The average molecular weight is 275 g/mol. The predicted molar refractivity (Wildman–Crippen MR) is 84.4 cm³/mol. The van der Waals surface area contributed by atoms with Gasteiger partial charge in [-0.2, -0.15) is 5.26 Å². The Kier molecular flexibility index (Phi) is 6.81. The molecule has 3 nitrogen and oxygen atoms in total. The monoisotopic (exact) mass is 275 g/mol. The largest absolute Gasteiger partial charge is 0.354 e. The quantitative estimate of drug-likeness (QED) is 0.731. The zero-order valence-corrected chi connectivity index (χ0v) is 13.4. The zero-order chi connectivity index (χ0) is 15.0.